The van der Waals surface area contributed by atoms with Crippen molar-refractivity contribution in [2.75, 3.05) is 39.4 Å². The zero-order valence-corrected chi connectivity index (χ0v) is 12.1. The van der Waals surface area contributed by atoms with Crippen molar-refractivity contribution in [3.63, 3.8) is 0 Å². The van der Waals surface area contributed by atoms with Crippen LogP contribution in [0.2, 0.25) is 0 Å². The summed E-state index contributed by atoms with van der Waals surface area (Å²) in [6.07, 6.45) is 2.37. The fourth-order valence-corrected chi connectivity index (χ4v) is 2.22. The Morgan fingerprint density at radius 3 is 2.71 bits per heavy atom. The van der Waals surface area contributed by atoms with Crippen molar-refractivity contribution in [2.24, 2.45) is 5.41 Å². The number of rotatable bonds is 5. The van der Waals surface area contributed by atoms with Crippen LogP contribution in [0.1, 0.15) is 40.5 Å². The Balaban J connectivity index is 2.33. The minimum absolute atomic E-state index is 0.340. The summed E-state index contributed by atoms with van der Waals surface area (Å²) < 4.78 is 5.59. The van der Waals surface area contributed by atoms with Crippen LogP contribution in [0.15, 0.2) is 0 Å². The summed E-state index contributed by atoms with van der Waals surface area (Å²) in [4.78, 5) is 2.55. The van der Waals surface area contributed by atoms with Gasteiger partial charge in [-0.05, 0) is 31.3 Å². The average molecular weight is 242 g/mol. The Morgan fingerprint density at radius 1 is 1.29 bits per heavy atom. The molecule has 102 valence electrons. The molecule has 1 unspecified atom stereocenters. The predicted octanol–water partition coefficient (Wildman–Crippen LogP) is 2.12. The molecule has 0 spiro atoms. The number of ether oxygens (including phenoxy) is 1. The van der Waals surface area contributed by atoms with E-state index in [4.69, 9.17) is 4.74 Å². The van der Waals surface area contributed by atoms with Crippen molar-refractivity contribution in [2.45, 2.75) is 46.6 Å². The molecule has 1 aliphatic rings. The van der Waals surface area contributed by atoms with Gasteiger partial charge in [0.2, 0.25) is 0 Å². The topological polar surface area (TPSA) is 24.5 Å². The molecule has 0 radical (unpaired) electrons. The molecule has 1 saturated heterocycles. The minimum atomic E-state index is 0.340. The second-order valence-electron chi connectivity index (χ2n) is 6.14. The molecule has 17 heavy (non-hydrogen) atoms. The van der Waals surface area contributed by atoms with E-state index in [1.807, 2.05) is 0 Å². The zero-order chi connectivity index (χ0) is 12.7. The summed E-state index contributed by atoms with van der Waals surface area (Å²) in [6.45, 7) is 15.5. The van der Waals surface area contributed by atoms with Gasteiger partial charge in [0, 0.05) is 25.7 Å². The second-order valence-corrected chi connectivity index (χ2v) is 6.14. The average Bonchev–Trinajstić information content (AvgIpc) is 2.49. The number of nitrogens with zero attached hydrogens (tertiary/aromatic N) is 1. The molecule has 1 heterocycles. The molecule has 3 nitrogen and oxygen atoms in total. The lowest BCUT2D eigenvalue weighted by Gasteiger charge is -2.33. The Bertz CT molecular complexity index is 201. The van der Waals surface area contributed by atoms with Gasteiger partial charge >= 0.3 is 0 Å². The third kappa shape index (κ3) is 5.84. The summed E-state index contributed by atoms with van der Waals surface area (Å²) in [5.74, 6) is 0. The highest BCUT2D eigenvalue weighted by atomic mass is 16.5. The highest BCUT2D eigenvalue weighted by Crippen LogP contribution is 2.21. The Labute approximate surface area is 107 Å². The predicted molar refractivity (Wildman–Crippen MR) is 73.4 cm³/mol. The summed E-state index contributed by atoms with van der Waals surface area (Å²) in [6, 6.07) is 0.594. The van der Waals surface area contributed by atoms with Crippen LogP contribution in [0.25, 0.3) is 0 Å². The zero-order valence-electron chi connectivity index (χ0n) is 12.1. The Morgan fingerprint density at radius 2 is 2.06 bits per heavy atom. The molecule has 0 bridgehead atoms. The molecule has 1 atom stereocenters. The number of hydrogen-bond acceptors (Lipinski definition) is 3. The molecule has 3 heteroatoms. The molecule has 0 aliphatic carbocycles. The molecule has 1 aliphatic heterocycles. The summed E-state index contributed by atoms with van der Waals surface area (Å²) in [5.41, 5.74) is 0.340. The molecule has 0 aromatic carbocycles. The van der Waals surface area contributed by atoms with Crippen molar-refractivity contribution in [1.82, 2.24) is 10.2 Å². The van der Waals surface area contributed by atoms with Gasteiger partial charge in [-0.3, -0.25) is 4.90 Å². The fourth-order valence-electron chi connectivity index (χ4n) is 2.22. The van der Waals surface area contributed by atoms with Crippen molar-refractivity contribution in [3.8, 4) is 0 Å². The van der Waals surface area contributed by atoms with Crippen LogP contribution < -0.4 is 5.32 Å². The highest BCUT2D eigenvalue weighted by molar-refractivity contribution is 4.85. The molecular formula is C14H30N2O. The fraction of sp³-hybridized carbons (Fsp3) is 1.00. The molecule has 0 amide bonds. The first-order valence-corrected chi connectivity index (χ1v) is 7.07. The first-order valence-electron chi connectivity index (χ1n) is 7.07. The Hall–Kier alpha value is -0.120. The molecule has 1 fully saturated rings. The smallest absolute Gasteiger partial charge is 0.0593 e. The van der Waals surface area contributed by atoms with E-state index >= 15 is 0 Å². The van der Waals surface area contributed by atoms with Crippen LogP contribution in [-0.4, -0.2) is 50.3 Å². The summed E-state index contributed by atoms with van der Waals surface area (Å²) >= 11 is 0. The van der Waals surface area contributed by atoms with Crippen molar-refractivity contribution in [3.05, 3.63) is 0 Å². The SMILES string of the molecule is CCCOCCN1CCCNC(C(C)(C)C)C1. The van der Waals surface area contributed by atoms with E-state index in [2.05, 4.69) is 37.9 Å². The van der Waals surface area contributed by atoms with Crippen LogP contribution in [0.4, 0.5) is 0 Å². The lowest BCUT2D eigenvalue weighted by atomic mass is 9.86. The lowest BCUT2D eigenvalue weighted by Crippen LogP contribution is -2.46. The van der Waals surface area contributed by atoms with Gasteiger partial charge in [-0.15, -0.1) is 0 Å². The molecule has 0 aromatic heterocycles. The lowest BCUT2D eigenvalue weighted by molar-refractivity contribution is 0.0971. The summed E-state index contributed by atoms with van der Waals surface area (Å²) in [5, 5.41) is 3.67. The normalized spacial score (nSPS) is 23.6. The quantitative estimate of drug-likeness (QED) is 0.747. The van der Waals surface area contributed by atoms with Crippen LogP contribution in [-0.2, 0) is 4.74 Å². The van der Waals surface area contributed by atoms with E-state index in [1.165, 1.54) is 13.0 Å². The maximum Gasteiger partial charge on any atom is 0.0593 e. The van der Waals surface area contributed by atoms with E-state index in [9.17, 15) is 0 Å². The molecule has 0 saturated carbocycles. The third-order valence-corrected chi connectivity index (χ3v) is 3.43. The molecular weight excluding hydrogens is 212 g/mol. The second kappa shape index (κ2) is 7.34. The van der Waals surface area contributed by atoms with Crippen LogP contribution >= 0.6 is 0 Å². The molecule has 1 rings (SSSR count). The van der Waals surface area contributed by atoms with E-state index in [0.717, 1.165) is 39.3 Å². The maximum absolute atomic E-state index is 5.59. The van der Waals surface area contributed by atoms with E-state index < -0.39 is 0 Å². The molecule has 0 aromatic rings. The van der Waals surface area contributed by atoms with Crippen molar-refractivity contribution < 1.29 is 4.74 Å². The summed E-state index contributed by atoms with van der Waals surface area (Å²) in [7, 11) is 0. The van der Waals surface area contributed by atoms with Gasteiger partial charge in [0.1, 0.15) is 0 Å². The van der Waals surface area contributed by atoms with Crippen molar-refractivity contribution in [1.29, 1.82) is 0 Å². The Kier molecular flexibility index (Phi) is 6.45. The van der Waals surface area contributed by atoms with Crippen molar-refractivity contribution >= 4 is 0 Å². The molecule has 1 N–H and O–H groups in total. The largest absolute Gasteiger partial charge is 0.380 e. The van der Waals surface area contributed by atoms with Crippen LogP contribution in [0.5, 0.6) is 0 Å². The third-order valence-electron chi connectivity index (χ3n) is 3.43. The van der Waals surface area contributed by atoms with Gasteiger partial charge in [-0.25, -0.2) is 0 Å². The van der Waals surface area contributed by atoms with Gasteiger partial charge in [0.05, 0.1) is 6.61 Å². The maximum atomic E-state index is 5.59. The van der Waals surface area contributed by atoms with E-state index in [-0.39, 0.29) is 0 Å². The van der Waals surface area contributed by atoms with Crippen LogP contribution in [0.3, 0.4) is 0 Å². The van der Waals surface area contributed by atoms with Gasteiger partial charge in [0.25, 0.3) is 0 Å². The monoisotopic (exact) mass is 242 g/mol. The van der Waals surface area contributed by atoms with Gasteiger partial charge in [-0.2, -0.15) is 0 Å². The first kappa shape index (κ1) is 14.9. The van der Waals surface area contributed by atoms with Gasteiger partial charge in [-0.1, -0.05) is 27.7 Å². The van der Waals surface area contributed by atoms with E-state index in [0.29, 0.717) is 11.5 Å². The number of nitrogens with one attached hydrogen (secondary N) is 1. The minimum Gasteiger partial charge on any atom is -0.380 e. The number of hydrogen-bond donors (Lipinski definition) is 1. The van der Waals surface area contributed by atoms with E-state index in [1.54, 1.807) is 0 Å². The van der Waals surface area contributed by atoms with Gasteiger partial charge in [0.15, 0.2) is 0 Å². The first-order chi connectivity index (χ1) is 8.04. The highest BCUT2D eigenvalue weighted by Gasteiger charge is 2.27. The standard InChI is InChI=1S/C14H30N2O/c1-5-10-17-11-9-16-8-6-7-15-13(12-16)14(2,3)4/h13,15H,5-12H2,1-4H3. The van der Waals surface area contributed by atoms with Gasteiger partial charge < -0.3 is 10.1 Å². The van der Waals surface area contributed by atoms with Crippen LogP contribution in [0, 0.1) is 5.41 Å².